The number of nitrogens with one attached hydrogen (secondary N) is 1. The Morgan fingerprint density at radius 1 is 1.26 bits per heavy atom. The van der Waals surface area contributed by atoms with E-state index in [4.69, 9.17) is 11.6 Å². The van der Waals surface area contributed by atoms with Crippen LogP contribution in [0.5, 0.6) is 0 Å². The standard InChI is InChI=1S/C17H17ClN4O/c1-11-7-16(17(23)20-14-9-19-21(3)10-14)12(2)22(11)15-6-4-5-13(18)8-15/h4-10H,1-3H3,(H,20,23). The number of halogens is 1. The Morgan fingerprint density at radius 3 is 2.70 bits per heavy atom. The first-order chi connectivity index (χ1) is 11.0. The van der Waals surface area contributed by atoms with Gasteiger partial charge < -0.3 is 9.88 Å². The summed E-state index contributed by atoms with van der Waals surface area (Å²) in [5.74, 6) is -0.153. The molecule has 5 nitrogen and oxygen atoms in total. The van der Waals surface area contributed by atoms with Crippen LogP contribution in [0.1, 0.15) is 21.7 Å². The van der Waals surface area contributed by atoms with Gasteiger partial charge in [-0.05, 0) is 38.1 Å². The Kier molecular flexibility index (Phi) is 3.96. The fraction of sp³-hybridized carbons (Fsp3) is 0.176. The van der Waals surface area contributed by atoms with E-state index in [9.17, 15) is 4.79 Å². The van der Waals surface area contributed by atoms with Crippen molar-refractivity contribution in [2.24, 2.45) is 7.05 Å². The largest absolute Gasteiger partial charge is 0.319 e. The van der Waals surface area contributed by atoms with Gasteiger partial charge in [0, 0.05) is 35.3 Å². The van der Waals surface area contributed by atoms with Gasteiger partial charge in [-0.15, -0.1) is 0 Å². The first-order valence-corrected chi connectivity index (χ1v) is 7.58. The fourth-order valence-corrected chi connectivity index (χ4v) is 2.87. The second-order valence-corrected chi connectivity index (χ2v) is 5.89. The zero-order chi connectivity index (χ0) is 16.6. The second-order valence-electron chi connectivity index (χ2n) is 5.46. The lowest BCUT2D eigenvalue weighted by atomic mass is 10.2. The van der Waals surface area contributed by atoms with E-state index in [1.165, 1.54) is 0 Å². The number of nitrogens with zero attached hydrogens (tertiary/aromatic N) is 3. The number of aromatic nitrogens is 3. The molecule has 0 aliphatic carbocycles. The van der Waals surface area contributed by atoms with Crippen LogP contribution in [0.4, 0.5) is 5.69 Å². The molecule has 0 bridgehead atoms. The summed E-state index contributed by atoms with van der Waals surface area (Å²) in [4.78, 5) is 12.5. The number of anilines is 1. The van der Waals surface area contributed by atoms with Crippen LogP contribution in [0.3, 0.4) is 0 Å². The monoisotopic (exact) mass is 328 g/mol. The topological polar surface area (TPSA) is 51.9 Å². The third-order valence-corrected chi connectivity index (χ3v) is 3.94. The van der Waals surface area contributed by atoms with Gasteiger partial charge in [0.15, 0.2) is 0 Å². The van der Waals surface area contributed by atoms with Gasteiger partial charge in [0.25, 0.3) is 5.91 Å². The number of benzene rings is 1. The minimum absolute atomic E-state index is 0.153. The molecule has 0 radical (unpaired) electrons. The minimum atomic E-state index is -0.153. The molecule has 2 heterocycles. The van der Waals surface area contributed by atoms with Crippen LogP contribution < -0.4 is 5.32 Å². The highest BCUT2D eigenvalue weighted by Crippen LogP contribution is 2.23. The summed E-state index contributed by atoms with van der Waals surface area (Å²) in [6.45, 7) is 3.89. The van der Waals surface area contributed by atoms with Gasteiger partial charge in [0.1, 0.15) is 0 Å². The summed E-state index contributed by atoms with van der Waals surface area (Å²) in [5, 5.41) is 7.57. The molecule has 3 aromatic rings. The quantitative estimate of drug-likeness (QED) is 0.796. The summed E-state index contributed by atoms with van der Waals surface area (Å²) in [7, 11) is 1.81. The molecule has 1 N–H and O–H groups in total. The highest BCUT2D eigenvalue weighted by atomic mass is 35.5. The normalized spacial score (nSPS) is 10.8. The molecule has 0 saturated carbocycles. The lowest BCUT2D eigenvalue weighted by Crippen LogP contribution is -2.12. The Balaban J connectivity index is 1.95. The molecule has 2 aromatic heterocycles. The molecule has 0 unspecified atom stereocenters. The Morgan fingerprint density at radius 2 is 2.04 bits per heavy atom. The van der Waals surface area contributed by atoms with Crippen LogP contribution in [-0.2, 0) is 7.05 Å². The van der Waals surface area contributed by atoms with Crippen LogP contribution in [-0.4, -0.2) is 20.3 Å². The molecule has 0 fully saturated rings. The Labute approximate surface area is 139 Å². The van der Waals surface area contributed by atoms with E-state index in [1.54, 1.807) is 24.1 Å². The van der Waals surface area contributed by atoms with E-state index in [0.717, 1.165) is 17.1 Å². The van der Waals surface area contributed by atoms with Gasteiger partial charge in [-0.3, -0.25) is 9.48 Å². The van der Waals surface area contributed by atoms with E-state index < -0.39 is 0 Å². The predicted octanol–water partition coefficient (Wildman–Crippen LogP) is 3.73. The summed E-state index contributed by atoms with van der Waals surface area (Å²) in [5.41, 5.74) is 4.08. The van der Waals surface area contributed by atoms with Gasteiger partial charge in [-0.25, -0.2) is 0 Å². The van der Waals surface area contributed by atoms with Crippen LogP contribution in [0, 0.1) is 13.8 Å². The van der Waals surface area contributed by atoms with Crippen LogP contribution in [0.15, 0.2) is 42.7 Å². The lowest BCUT2D eigenvalue weighted by molar-refractivity contribution is 0.102. The lowest BCUT2D eigenvalue weighted by Gasteiger charge is -2.10. The van der Waals surface area contributed by atoms with E-state index in [1.807, 2.05) is 48.7 Å². The first kappa shape index (κ1) is 15.4. The second kappa shape index (κ2) is 5.93. The molecule has 0 aliphatic heterocycles. The highest BCUT2D eigenvalue weighted by Gasteiger charge is 2.17. The summed E-state index contributed by atoms with van der Waals surface area (Å²) in [6, 6.07) is 9.45. The maximum atomic E-state index is 12.5. The van der Waals surface area contributed by atoms with Gasteiger partial charge in [0.05, 0.1) is 17.4 Å². The van der Waals surface area contributed by atoms with E-state index in [2.05, 4.69) is 10.4 Å². The average molecular weight is 329 g/mol. The molecule has 0 saturated heterocycles. The highest BCUT2D eigenvalue weighted by molar-refractivity contribution is 6.30. The number of carbonyl (C=O) groups excluding carboxylic acids is 1. The van der Waals surface area contributed by atoms with Gasteiger partial charge >= 0.3 is 0 Å². The SMILES string of the molecule is Cc1cc(C(=O)Nc2cnn(C)c2)c(C)n1-c1cccc(Cl)c1. The van der Waals surface area contributed by atoms with Crippen molar-refractivity contribution in [2.45, 2.75) is 13.8 Å². The smallest absolute Gasteiger partial charge is 0.257 e. The maximum Gasteiger partial charge on any atom is 0.257 e. The van der Waals surface area contributed by atoms with Crippen molar-refractivity contribution in [1.29, 1.82) is 0 Å². The molecule has 1 amide bonds. The average Bonchev–Trinajstić information content (AvgIpc) is 3.02. The van der Waals surface area contributed by atoms with Gasteiger partial charge in [0.2, 0.25) is 0 Å². The number of hydrogen-bond donors (Lipinski definition) is 1. The van der Waals surface area contributed by atoms with Gasteiger partial charge in [-0.2, -0.15) is 5.10 Å². The van der Waals surface area contributed by atoms with Crippen LogP contribution >= 0.6 is 11.6 Å². The van der Waals surface area contributed by atoms with Crippen molar-refractivity contribution < 1.29 is 4.79 Å². The van der Waals surface area contributed by atoms with Gasteiger partial charge in [-0.1, -0.05) is 17.7 Å². The first-order valence-electron chi connectivity index (χ1n) is 7.20. The van der Waals surface area contributed by atoms with Crippen molar-refractivity contribution in [1.82, 2.24) is 14.3 Å². The molecule has 0 spiro atoms. The maximum absolute atomic E-state index is 12.5. The third-order valence-electron chi connectivity index (χ3n) is 3.70. The summed E-state index contributed by atoms with van der Waals surface area (Å²) in [6.07, 6.45) is 3.38. The van der Waals surface area contributed by atoms with Crippen molar-refractivity contribution in [3.8, 4) is 5.69 Å². The molecular formula is C17H17ClN4O. The fourth-order valence-electron chi connectivity index (χ4n) is 2.69. The van der Waals surface area contributed by atoms with Crippen molar-refractivity contribution >= 4 is 23.2 Å². The molecule has 1 aromatic carbocycles. The molecule has 6 heteroatoms. The number of hydrogen-bond acceptors (Lipinski definition) is 2. The van der Waals surface area contributed by atoms with E-state index in [-0.39, 0.29) is 5.91 Å². The van der Waals surface area contributed by atoms with E-state index >= 15 is 0 Å². The van der Waals surface area contributed by atoms with Crippen molar-refractivity contribution in [3.05, 3.63) is 64.7 Å². The Bertz CT molecular complexity index is 879. The molecule has 23 heavy (non-hydrogen) atoms. The molecule has 0 atom stereocenters. The van der Waals surface area contributed by atoms with Crippen LogP contribution in [0.2, 0.25) is 5.02 Å². The predicted molar refractivity (Wildman–Crippen MR) is 91.4 cm³/mol. The number of carbonyl (C=O) groups is 1. The minimum Gasteiger partial charge on any atom is -0.319 e. The van der Waals surface area contributed by atoms with Crippen molar-refractivity contribution in [2.75, 3.05) is 5.32 Å². The summed E-state index contributed by atoms with van der Waals surface area (Å²) >= 11 is 6.08. The van der Waals surface area contributed by atoms with Crippen molar-refractivity contribution in [3.63, 3.8) is 0 Å². The molecule has 118 valence electrons. The zero-order valence-corrected chi connectivity index (χ0v) is 13.9. The summed E-state index contributed by atoms with van der Waals surface area (Å²) < 4.78 is 3.66. The molecule has 0 aliphatic rings. The molecule has 3 rings (SSSR count). The third kappa shape index (κ3) is 3.00. The van der Waals surface area contributed by atoms with E-state index in [0.29, 0.717) is 16.3 Å². The Hall–Kier alpha value is -2.53. The number of rotatable bonds is 3. The zero-order valence-electron chi connectivity index (χ0n) is 13.2. The molecular weight excluding hydrogens is 312 g/mol. The number of amides is 1. The number of aryl methyl sites for hydroxylation is 2. The van der Waals surface area contributed by atoms with Crippen LogP contribution in [0.25, 0.3) is 5.69 Å².